The normalized spacial score (nSPS) is 12.2. The molecule has 186 valence electrons. The second kappa shape index (κ2) is 10.2. The van der Waals surface area contributed by atoms with Crippen molar-refractivity contribution in [2.75, 3.05) is 10.8 Å². The van der Waals surface area contributed by atoms with Gasteiger partial charge in [0, 0.05) is 28.1 Å². The molecule has 0 radical (unpaired) electrons. The third-order valence-corrected chi connectivity index (χ3v) is 8.04. The smallest absolute Gasteiger partial charge is 0.0625 e. The maximum Gasteiger partial charge on any atom is 0.0625 e. The Hall–Kier alpha value is -3.72. The van der Waals surface area contributed by atoms with Crippen molar-refractivity contribution in [1.29, 1.82) is 0 Å². The number of alkyl halides is 1. The van der Waals surface area contributed by atoms with Crippen LogP contribution in [-0.4, -0.2) is 5.88 Å². The summed E-state index contributed by atoms with van der Waals surface area (Å²) in [6.45, 7) is 9.09. The highest BCUT2D eigenvalue weighted by atomic mass is 35.5. The monoisotopic (exact) mass is 529 g/mol. The molecule has 0 spiro atoms. The van der Waals surface area contributed by atoms with E-state index >= 15 is 0 Å². The summed E-state index contributed by atoms with van der Waals surface area (Å²) in [6.07, 6.45) is 1.64. The number of thiol groups is 1. The van der Waals surface area contributed by atoms with Crippen LogP contribution in [-0.2, 0) is 12.8 Å². The molecule has 0 saturated carbocycles. The van der Waals surface area contributed by atoms with Crippen molar-refractivity contribution in [3.05, 3.63) is 155 Å². The van der Waals surface area contributed by atoms with Crippen LogP contribution in [0.3, 0.4) is 0 Å². The molecule has 5 aromatic rings. The molecule has 6 rings (SSSR count). The number of hydrogen-bond acceptors (Lipinski definition) is 2. The predicted octanol–water partition coefficient (Wildman–Crippen LogP) is 9.58. The summed E-state index contributed by atoms with van der Waals surface area (Å²) >= 11 is 11.0. The number of halogens is 1. The number of benzene rings is 5. The van der Waals surface area contributed by atoms with Gasteiger partial charge in [-0.15, -0.1) is 24.2 Å². The van der Waals surface area contributed by atoms with Crippen molar-refractivity contribution in [1.82, 2.24) is 0 Å². The minimum absolute atomic E-state index is 0.315. The molecule has 0 heterocycles. The summed E-state index contributed by atoms with van der Waals surface area (Å²) in [5, 5.41) is 2.41. The molecule has 0 N–H and O–H groups in total. The van der Waals surface area contributed by atoms with Gasteiger partial charge >= 0.3 is 0 Å². The van der Waals surface area contributed by atoms with Crippen LogP contribution >= 0.6 is 24.2 Å². The highest BCUT2D eigenvalue weighted by molar-refractivity contribution is 7.80. The van der Waals surface area contributed by atoms with E-state index in [1.807, 2.05) is 12.1 Å². The Bertz CT molecular complexity index is 1690. The average molecular weight is 530 g/mol. The molecule has 38 heavy (non-hydrogen) atoms. The summed E-state index contributed by atoms with van der Waals surface area (Å²) in [6, 6.07) is 36.3. The van der Waals surface area contributed by atoms with Crippen molar-refractivity contribution in [3.63, 3.8) is 0 Å². The zero-order valence-electron chi connectivity index (χ0n) is 21.1. The first-order valence-electron chi connectivity index (χ1n) is 12.8. The molecular weight excluding hydrogens is 502 g/mol. The Kier molecular flexibility index (Phi) is 6.61. The molecule has 0 aliphatic heterocycles. The molecule has 0 unspecified atom stereocenters. The van der Waals surface area contributed by atoms with Gasteiger partial charge in [0.15, 0.2) is 0 Å². The van der Waals surface area contributed by atoms with Gasteiger partial charge in [0.1, 0.15) is 0 Å². The van der Waals surface area contributed by atoms with Crippen molar-refractivity contribution in [2.45, 2.75) is 17.7 Å². The van der Waals surface area contributed by atoms with E-state index in [4.69, 9.17) is 11.6 Å². The molecule has 3 heteroatoms. The van der Waals surface area contributed by atoms with E-state index in [2.05, 4.69) is 122 Å². The lowest BCUT2D eigenvalue weighted by molar-refractivity contribution is 1.07. The first-order valence-corrected chi connectivity index (χ1v) is 13.8. The number of fused-ring (bicyclic) bond motifs is 3. The first kappa shape index (κ1) is 24.6. The van der Waals surface area contributed by atoms with Gasteiger partial charge in [0.05, 0.1) is 11.6 Å². The second-order valence-electron chi connectivity index (χ2n) is 9.75. The molecular formula is C35H28ClNS. The molecule has 0 amide bonds. The molecule has 1 aliphatic carbocycles. The molecule has 0 fully saturated rings. The number of hydrogen-bond donors (Lipinski definition) is 1. The van der Waals surface area contributed by atoms with Gasteiger partial charge in [-0.1, -0.05) is 92.0 Å². The fraction of sp³-hybridized carbons (Fsp3) is 0.0857. The maximum atomic E-state index is 6.49. The molecule has 0 atom stereocenters. The predicted molar refractivity (Wildman–Crippen MR) is 166 cm³/mol. The van der Waals surface area contributed by atoms with E-state index in [-0.39, 0.29) is 0 Å². The zero-order valence-corrected chi connectivity index (χ0v) is 22.8. The highest BCUT2D eigenvalue weighted by Crippen LogP contribution is 2.49. The van der Waals surface area contributed by atoms with Crippen molar-refractivity contribution in [3.8, 4) is 0 Å². The standard InChI is InChI=1S/C35H28ClNS/c1-23(22-36)37(27-16-18-28(38)19-17-27)35-31-15-9-8-14-30(31)32(20-25-10-4-3-5-11-25)34-24(2)29-13-7-6-12-26(29)21-33(34)35/h3-19,38H,1-2,20-22H2. The van der Waals surface area contributed by atoms with Crippen LogP contribution in [0.2, 0.25) is 0 Å². The molecule has 0 aromatic heterocycles. The summed E-state index contributed by atoms with van der Waals surface area (Å²) in [4.78, 5) is 3.15. The molecule has 1 nitrogen and oxygen atoms in total. The largest absolute Gasteiger partial charge is 0.313 e. The molecule has 1 aliphatic rings. The first-order chi connectivity index (χ1) is 18.6. The third kappa shape index (κ3) is 4.24. The minimum Gasteiger partial charge on any atom is -0.313 e. The van der Waals surface area contributed by atoms with Gasteiger partial charge in [-0.2, -0.15) is 0 Å². The highest BCUT2D eigenvalue weighted by Gasteiger charge is 2.30. The van der Waals surface area contributed by atoms with Gasteiger partial charge < -0.3 is 4.90 Å². The van der Waals surface area contributed by atoms with Crippen LogP contribution in [0.25, 0.3) is 16.3 Å². The Morgan fingerprint density at radius 1 is 0.816 bits per heavy atom. The van der Waals surface area contributed by atoms with Crippen LogP contribution < -0.4 is 4.90 Å². The number of nitrogens with zero attached hydrogens (tertiary/aromatic N) is 1. The molecule has 5 aromatic carbocycles. The van der Waals surface area contributed by atoms with E-state index in [9.17, 15) is 0 Å². The zero-order chi connectivity index (χ0) is 26.2. The van der Waals surface area contributed by atoms with Gasteiger partial charge in [-0.25, -0.2) is 0 Å². The minimum atomic E-state index is 0.315. The second-order valence-corrected chi connectivity index (χ2v) is 10.5. The van der Waals surface area contributed by atoms with E-state index in [0.717, 1.165) is 40.4 Å². The van der Waals surface area contributed by atoms with Crippen molar-refractivity contribution >= 4 is 52.0 Å². The van der Waals surface area contributed by atoms with Crippen LogP contribution in [0.5, 0.6) is 0 Å². The van der Waals surface area contributed by atoms with Gasteiger partial charge in [-0.3, -0.25) is 0 Å². The van der Waals surface area contributed by atoms with Gasteiger partial charge in [0.2, 0.25) is 0 Å². The topological polar surface area (TPSA) is 3.24 Å². The molecule has 0 saturated heterocycles. The summed E-state index contributed by atoms with van der Waals surface area (Å²) in [7, 11) is 0. The Balaban J connectivity index is 1.71. The van der Waals surface area contributed by atoms with Gasteiger partial charge in [-0.05, 0) is 75.0 Å². The molecule has 0 bridgehead atoms. The van der Waals surface area contributed by atoms with Crippen LogP contribution in [0.15, 0.2) is 127 Å². The number of allylic oxidation sites excluding steroid dienone is 1. The lowest BCUT2D eigenvalue weighted by atomic mass is 9.76. The Morgan fingerprint density at radius 2 is 1.47 bits per heavy atom. The Labute approximate surface area is 235 Å². The van der Waals surface area contributed by atoms with Crippen molar-refractivity contribution in [2.24, 2.45) is 0 Å². The van der Waals surface area contributed by atoms with E-state index in [1.54, 1.807) is 0 Å². The van der Waals surface area contributed by atoms with E-state index < -0.39 is 0 Å². The average Bonchev–Trinajstić information content (AvgIpc) is 2.96. The fourth-order valence-electron chi connectivity index (χ4n) is 5.75. The summed E-state index contributed by atoms with van der Waals surface area (Å²) < 4.78 is 0. The van der Waals surface area contributed by atoms with Gasteiger partial charge in [0.25, 0.3) is 0 Å². The fourth-order valence-corrected chi connectivity index (χ4v) is 6.02. The third-order valence-electron chi connectivity index (χ3n) is 7.43. The lowest BCUT2D eigenvalue weighted by Gasteiger charge is -2.35. The number of anilines is 2. The van der Waals surface area contributed by atoms with Crippen LogP contribution in [0.4, 0.5) is 11.4 Å². The Morgan fingerprint density at radius 3 is 2.21 bits per heavy atom. The van der Waals surface area contributed by atoms with Crippen LogP contribution in [0.1, 0.15) is 33.4 Å². The SMILES string of the molecule is C=C1c2ccccc2Cc2c1c(Cc1ccccc1)c1ccccc1c2N(C(=C)CCl)c1ccc(S)cc1. The lowest BCUT2D eigenvalue weighted by Crippen LogP contribution is -2.22. The van der Waals surface area contributed by atoms with E-state index in [0.29, 0.717) is 5.88 Å². The van der Waals surface area contributed by atoms with Crippen LogP contribution in [0, 0.1) is 0 Å². The quantitative estimate of drug-likeness (QED) is 0.166. The van der Waals surface area contributed by atoms with Crippen molar-refractivity contribution < 1.29 is 0 Å². The summed E-state index contributed by atoms with van der Waals surface area (Å²) in [5.41, 5.74) is 11.6. The number of rotatable bonds is 6. The van der Waals surface area contributed by atoms with E-state index in [1.165, 1.54) is 44.2 Å². The summed E-state index contributed by atoms with van der Waals surface area (Å²) in [5.74, 6) is 0.315. The maximum absolute atomic E-state index is 6.49.